The Morgan fingerprint density at radius 2 is 1.71 bits per heavy atom. The van der Waals surface area contributed by atoms with Gasteiger partial charge in [0.25, 0.3) is 0 Å². The van der Waals surface area contributed by atoms with E-state index in [0.717, 1.165) is 31.0 Å². The van der Waals surface area contributed by atoms with E-state index in [2.05, 4.69) is 41.8 Å². The van der Waals surface area contributed by atoms with E-state index in [1.165, 1.54) is 0 Å². The Morgan fingerprint density at radius 3 is 2.48 bits per heavy atom. The molecule has 0 saturated carbocycles. The van der Waals surface area contributed by atoms with Gasteiger partial charge >= 0.3 is 0 Å². The van der Waals surface area contributed by atoms with Crippen LogP contribution in [0.2, 0.25) is 10.2 Å². The molecule has 3 rings (SSSR count). The van der Waals surface area contributed by atoms with Gasteiger partial charge in [0, 0.05) is 19.9 Å². The molecule has 0 bridgehead atoms. The molecule has 6 heteroatoms. The number of aryl methyl sites for hydroxylation is 1. The second-order valence-corrected chi connectivity index (χ2v) is 7.18. The molecular weight excluding hydrogens is 439 g/mol. The van der Waals surface area contributed by atoms with E-state index in [1.807, 2.05) is 31.2 Å². The molecule has 0 unspecified atom stereocenters. The summed E-state index contributed by atoms with van der Waals surface area (Å²) in [6.45, 7) is 1.99. The number of hydrogen-bond acceptors (Lipinski definition) is 2. The molecule has 0 atom stereocenters. The normalized spacial score (nSPS) is 11.1. The monoisotopic (exact) mass is 444 g/mol. The molecule has 0 aliphatic heterocycles. The van der Waals surface area contributed by atoms with E-state index < -0.39 is 0 Å². The SMILES string of the molecule is Cc1cc(Br)cc2c(Cl)nc(-c3cc(Br)ccc3Cl)nc12. The third kappa shape index (κ3) is 2.95. The molecule has 2 nitrogen and oxygen atoms in total. The molecule has 21 heavy (non-hydrogen) atoms. The van der Waals surface area contributed by atoms with Crippen LogP contribution in [0.5, 0.6) is 0 Å². The van der Waals surface area contributed by atoms with Crippen molar-refractivity contribution in [3.05, 3.63) is 55.0 Å². The molecule has 0 radical (unpaired) electrons. The summed E-state index contributed by atoms with van der Waals surface area (Å²) in [5, 5.41) is 1.82. The van der Waals surface area contributed by atoms with Crippen molar-refractivity contribution >= 4 is 66.0 Å². The summed E-state index contributed by atoms with van der Waals surface area (Å²) < 4.78 is 1.86. The van der Waals surface area contributed by atoms with E-state index in [0.29, 0.717) is 16.0 Å². The van der Waals surface area contributed by atoms with Crippen molar-refractivity contribution in [2.24, 2.45) is 0 Å². The number of hydrogen-bond donors (Lipinski definition) is 0. The van der Waals surface area contributed by atoms with Crippen molar-refractivity contribution < 1.29 is 0 Å². The fraction of sp³-hybridized carbons (Fsp3) is 0.0667. The maximum Gasteiger partial charge on any atom is 0.163 e. The minimum atomic E-state index is 0.412. The van der Waals surface area contributed by atoms with Gasteiger partial charge in [-0.25, -0.2) is 9.97 Å². The highest BCUT2D eigenvalue weighted by atomic mass is 79.9. The highest BCUT2D eigenvalue weighted by Crippen LogP contribution is 2.33. The summed E-state index contributed by atoms with van der Waals surface area (Å²) in [6, 6.07) is 9.47. The van der Waals surface area contributed by atoms with Crippen LogP contribution < -0.4 is 0 Å². The average molecular weight is 447 g/mol. The van der Waals surface area contributed by atoms with Crippen molar-refractivity contribution in [1.29, 1.82) is 0 Å². The number of fused-ring (bicyclic) bond motifs is 1. The summed E-state index contributed by atoms with van der Waals surface area (Å²) in [5.41, 5.74) is 2.59. The predicted molar refractivity (Wildman–Crippen MR) is 95.1 cm³/mol. The first-order valence-corrected chi connectivity index (χ1v) is 8.39. The van der Waals surface area contributed by atoms with Crippen LogP contribution in [-0.2, 0) is 0 Å². The van der Waals surface area contributed by atoms with Crippen LogP contribution in [0.15, 0.2) is 39.3 Å². The Morgan fingerprint density at radius 1 is 0.952 bits per heavy atom. The number of benzene rings is 2. The summed E-state index contributed by atoms with van der Waals surface area (Å²) in [6.07, 6.45) is 0. The van der Waals surface area contributed by atoms with E-state index in [9.17, 15) is 0 Å². The molecule has 0 aliphatic carbocycles. The lowest BCUT2D eigenvalue weighted by atomic mass is 10.1. The smallest absolute Gasteiger partial charge is 0.163 e. The molecule has 3 aromatic rings. The van der Waals surface area contributed by atoms with Crippen LogP contribution in [0.3, 0.4) is 0 Å². The Bertz CT molecular complexity index is 866. The zero-order chi connectivity index (χ0) is 15.1. The average Bonchev–Trinajstić information content (AvgIpc) is 2.42. The highest BCUT2D eigenvalue weighted by Gasteiger charge is 2.13. The lowest BCUT2D eigenvalue weighted by Gasteiger charge is -2.09. The molecule has 0 spiro atoms. The lowest BCUT2D eigenvalue weighted by Crippen LogP contribution is -1.94. The third-order valence-electron chi connectivity index (χ3n) is 3.08. The van der Waals surface area contributed by atoms with E-state index >= 15 is 0 Å². The number of nitrogens with zero attached hydrogens (tertiary/aromatic N) is 2. The van der Waals surface area contributed by atoms with Gasteiger partial charge < -0.3 is 0 Å². The molecule has 0 N–H and O–H groups in total. The maximum atomic E-state index is 6.32. The van der Waals surface area contributed by atoms with Crippen molar-refractivity contribution in [2.75, 3.05) is 0 Å². The van der Waals surface area contributed by atoms with Gasteiger partial charge in [-0.2, -0.15) is 0 Å². The Kier molecular flexibility index (Phi) is 4.23. The Hall–Kier alpha value is -0.680. The molecule has 0 saturated heterocycles. The second kappa shape index (κ2) is 5.84. The molecule has 2 aromatic carbocycles. The molecule has 0 fully saturated rings. The van der Waals surface area contributed by atoms with E-state index in [-0.39, 0.29) is 0 Å². The van der Waals surface area contributed by atoms with E-state index in [1.54, 1.807) is 6.07 Å². The lowest BCUT2D eigenvalue weighted by molar-refractivity contribution is 1.21. The fourth-order valence-corrected chi connectivity index (χ4v) is 3.47. The van der Waals surface area contributed by atoms with Gasteiger partial charge in [0.1, 0.15) is 5.15 Å². The number of rotatable bonds is 1. The van der Waals surface area contributed by atoms with Crippen molar-refractivity contribution in [1.82, 2.24) is 9.97 Å². The van der Waals surface area contributed by atoms with Crippen LogP contribution in [0.25, 0.3) is 22.3 Å². The standard InChI is InChI=1S/C15H8Br2Cl2N2/c1-7-4-9(17)6-11-13(7)20-15(21-14(11)19)10-5-8(16)2-3-12(10)18/h2-6H,1H3. The summed E-state index contributed by atoms with van der Waals surface area (Å²) in [7, 11) is 0. The third-order valence-corrected chi connectivity index (χ3v) is 4.65. The molecule has 1 aromatic heterocycles. The summed E-state index contributed by atoms with van der Waals surface area (Å²) in [5.74, 6) is 0.518. The molecule has 0 aliphatic rings. The predicted octanol–water partition coefficient (Wildman–Crippen LogP) is 6.44. The second-order valence-electron chi connectivity index (χ2n) is 4.58. The fourth-order valence-electron chi connectivity index (χ4n) is 2.11. The molecule has 0 amide bonds. The van der Waals surface area contributed by atoms with Gasteiger partial charge in [-0.3, -0.25) is 0 Å². The van der Waals surface area contributed by atoms with Crippen LogP contribution in [0, 0.1) is 6.92 Å². The van der Waals surface area contributed by atoms with E-state index in [4.69, 9.17) is 23.2 Å². The number of aromatic nitrogens is 2. The van der Waals surface area contributed by atoms with Gasteiger partial charge in [-0.15, -0.1) is 0 Å². The first-order valence-electron chi connectivity index (χ1n) is 6.04. The van der Waals surface area contributed by atoms with Gasteiger partial charge in [0.2, 0.25) is 0 Å². The first-order chi connectivity index (χ1) is 9.95. The van der Waals surface area contributed by atoms with Crippen LogP contribution >= 0.6 is 55.1 Å². The maximum absolute atomic E-state index is 6.32. The number of halogens is 4. The van der Waals surface area contributed by atoms with Crippen LogP contribution in [0.4, 0.5) is 0 Å². The highest BCUT2D eigenvalue weighted by molar-refractivity contribution is 9.10. The molecule has 1 heterocycles. The quantitative estimate of drug-likeness (QED) is 0.402. The van der Waals surface area contributed by atoms with Crippen LogP contribution in [-0.4, -0.2) is 9.97 Å². The van der Waals surface area contributed by atoms with Gasteiger partial charge in [0.05, 0.1) is 10.5 Å². The van der Waals surface area contributed by atoms with Gasteiger partial charge in [0.15, 0.2) is 5.82 Å². The minimum Gasteiger partial charge on any atom is -0.228 e. The van der Waals surface area contributed by atoms with Crippen molar-refractivity contribution in [3.8, 4) is 11.4 Å². The zero-order valence-electron chi connectivity index (χ0n) is 10.8. The summed E-state index contributed by atoms with van der Waals surface area (Å²) >= 11 is 19.5. The topological polar surface area (TPSA) is 25.8 Å². The van der Waals surface area contributed by atoms with Gasteiger partial charge in [-0.1, -0.05) is 55.1 Å². The van der Waals surface area contributed by atoms with Crippen molar-refractivity contribution in [3.63, 3.8) is 0 Å². The van der Waals surface area contributed by atoms with Crippen molar-refractivity contribution in [2.45, 2.75) is 6.92 Å². The van der Waals surface area contributed by atoms with Crippen LogP contribution in [0.1, 0.15) is 5.56 Å². The summed E-state index contributed by atoms with van der Waals surface area (Å²) in [4.78, 5) is 9.01. The minimum absolute atomic E-state index is 0.412. The Labute approximate surface area is 148 Å². The zero-order valence-corrected chi connectivity index (χ0v) is 15.5. The molecule has 106 valence electrons. The Balaban J connectivity index is 2.33. The first kappa shape index (κ1) is 15.2. The largest absolute Gasteiger partial charge is 0.228 e. The van der Waals surface area contributed by atoms with Gasteiger partial charge in [-0.05, 0) is 42.8 Å². The molecular formula is C15H8Br2Cl2N2.